The van der Waals surface area contributed by atoms with E-state index in [4.69, 9.17) is 0 Å². The highest BCUT2D eigenvalue weighted by Gasteiger charge is 2.23. The van der Waals surface area contributed by atoms with Crippen LogP contribution in [0.15, 0.2) is 0 Å². The lowest BCUT2D eigenvalue weighted by atomic mass is 10.3. The second kappa shape index (κ2) is 2.45. The first-order valence-corrected chi connectivity index (χ1v) is 2.46. The predicted octanol–water partition coefficient (Wildman–Crippen LogP) is -1.84. The van der Waals surface area contributed by atoms with E-state index in [0.29, 0.717) is 6.41 Å². The molecule has 0 unspecified atom stereocenters. The molecule has 9 heavy (non-hydrogen) atoms. The first kappa shape index (κ1) is 6.03. The highest BCUT2D eigenvalue weighted by Crippen LogP contribution is 1.91. The van der Waals surface area contributed by atoms with Crippen LogP contribution in [0.1, 0.15) is 0 Å². The zero-order valence-electron chi connectivity index (χ0n) is 4.59. The van der Waals surface area contributed by atoms with Crippen LogP contribution in [0.4, 0.5) is 0 Å². The van der Waals surface area contributed by atoms with E-state index in [-0.39, 0.29) is 12.5 Å². The zero-order valence-corrected chi connectivity index (χ0v) is 4.59. The van der Waals surface area contributed by atoms with Crippen LogP contribution < -0.4 is 10.8 Å². The average molecular weight is 130 g/mol. The molecule has 0 aromatic heterocycles. The summed E-state index contributed by atoms with van der Waals surface area (Å²) in [6.07, 6.45) is 0.471. The molecule has 1 aliphatic rings. The molecule has 2 N–H and O–H groups in total. The van der Waals surface area contributed by atoms with Gasteiger partial charge in [0.2, 0.25) is 6.41 Å². The Bertz CT molecular complexity index is 136. The van der Waals surface area contributed by atoms with Gasteiger partial charge >= 0.3 is 0 Å². The second-order valence-electron chi connectivity index (χ2n) is 1.61. The fourth-order valence-electron chi connectivity index (χ4n) is 0.549. The van der Waals surface area contributed by atoms with Crippen LogP contribution in [-0.2, 0) is 14.4 Å². The van der Waals surface area contributed by atoms with E-state index in [9.17, 15) is 9.59 Å². The van der Waals surface area contributed by atoms with Gasteiger partial charge in [0.15, 0.2) is 0 Å². The summed E-state index contributed by atoms with van der Waals surface area (Å²) in [5.74, 6) is -0.304. The molecule has 5 heteroatoms. The van der Waals surface area contributed by atoms with E-state index in [1.807, 2.05) is 0 Å². The van der Waals surface area contributed by atoms with Crippen LogP contribution in [-0.4, -0.2) is 25.0 Å². The van der Waals surface area contributed by atoms with Gasteiger partial charge in [-0.1, -0.05) is 0 Å². The minimum atomic E-state index is -0.512. The third-order valence-corrected chi connectivity index (χ3v) is 1.01. The quantitative estimate of drug-likeness (QED) is 0.432. The van der Waals surface area contributed by atoms with E-state index >= 15 is 0 Å². The minimum absolute atomic E-state index is 0.206. The van der Waals surface area contributed by atoms with E-state index in [1.54, 1.807) is 0 Å². The Hall–Kier alpha value is -1.10. The fourth-order valence-corrected chi connectivity index (χ4v) is 0.549. The standard InChI is InChI=1S/C4H6N2O3/c7-2-5-3-1-9-6-4(3)8/h2-3H,1H2,(H,5,7)(H,6,8)/t3-/m1/s1. The number of hydroxylamine groups is 1. The SMILES string of the molecule is O=CN[C@@H]1CONC1=O. The molecule has 0 spiro atoms. The van der Waals surface area contributed by atoms with Crippen molar-refractivity contribution < 1.29 is 14.4 Å². The summed E-state index contributed by atoms with van der Waals surface area (Å²) < 4.78 is 0. The van der Waals surface area contributed by atoms with Crippen molar-refractivity contribution in [3.05, 3.63) is 0 Å². The molecule has 1 aliphatic heterocycles. The van der Waals surface area contributed by atoms with Crippen LogP contribution in [0.25, 0.3) is 0 Å². The van der Waals surface area contributed by atoms with Gasteiger partial charge in [-0.3, -0.25) is 14.4 Å². The van der Waals surface area contributed by atoms with Crippen LogP contribution in [0.3, 0.4) is 0 Å². The van der Waals surface area contributed by atoms with Crippen LogP contribution in [0.5, 0.6) is 0 Å². The number of carbonyl (C=O) groups excluding carboxylic acids is 2. The van der Waals surface area contributed by atoms with Gasteiger partial charge in [0.25, 0.3) is 5.91 Å². The van der Waals surface area contributed by atoms with Gasteiger partial charge in [-0.05, 0) is 0 Å². The summed E-state index contributed by atoms with van der Waals surface area (Å²) >= 11 is 0. The molecule has 0 aromatic carbocycles. The molecule has 50 valence electrons. The molecule has 5 nitrogen and oxygen atoms in total. The highest BCUT2D eigenvalue weighted by molar-refractivity contribution is 5.84. The molecule has 0 aromatic rings. The smallest absolute Gasteiger partial charge is 0.268 e. The minimum Gasteiger partial charge on any atom is -0.345 e. The first-order chi connectivity index (χ1) is 4.34. The zero-order chi connectivity index (χ0) is 6.69. The van der Waals surface area contributed by atoms with E-state index in [0.717, 1.165) is 0 Å². The number of rotatable bonds is 2. The maximum absolute atomic E-state index is 10.5. The van der Waals surface area contributed by atoms with Gasteiger partial charge in [0.1, 0.15) is 12.6 Å². The highest BCUT2D eigenvalue weighted by atomic mass is 16.7. The summed E-state index contributed by atoms with van der Waals surface area (Å²) in [7, 11) is 0. The molecule has 2 amide bonds. The maximum Gasteiger partial charge on any atom is 0.268 e. The third kappa shape index (κ3) is 1.17. The summed E-state index contributed by atoms with van der Waals surface area (Å²) in [4.78, 5) is 24.8. The molecule has 0 saturated carbocycles. The maximum atomic E-state index is 10.5. The first-order valence-electron chi connectivity index (χ1n) is 2.46. The molecule has 1 atom stereocenters. The van der Waals surface area contributed by atoms with Crippen molar-refractivity contribution in [2.75, 3.05) is 6.61 Å². The lowest BCUT2D eigenvalue weighted by Crippen LogP contribution is -2.36. The summed E-state index contributed by atoms with van der Waals surface area (Å²) in [5.41, 5.74) is 2.09. The van der Waals surface area contributed by atoms with E-state index in [1.165, 1.54) is 0 Å². The van der Waals surface area contributed by atoms with Crippen LogP contribution in [0, 0.1) is 0 Å². The van der Waals surface area contributed by atoms with Crippen molar-refractivity contribution in [3.63, 3.8) is 0 Å². The number of carbonyl (C=O) groups is 2. The van der Waals surface area contributed by atoms with Crippen molar-refractivity contribution in [1.82, 2.24) is 10.8 Å². The van der Waals surface area contributed by atoms with E-state index < -0.39 is 6.04 Å². The van der Waals surface area contributed by atoms with Gasteiger partial charge in [-0.25, -0.2) is 5.48 Å². The molecule has 0 radical (unpaired) electrons. The van der Waals surface area contributed by atoms with Crippen molar-refractivity contribution in [3.8, 4) is 0 Å². The molecule has 1 heterocycles. The normalized spacial score (nSPS) is 25.3. The monoisotopic (exact) mass is 130 g/mol. The van der Waals surface area contributed by atoms with E-state index in [2.05, 4.69) is 15.6 Å². The Morgan fingerprint density at radius 3 is 3.11 bits per heavy atom. The average Bonchev–Trinajstić information content (AvgIpc) is 2.18. The molecule has 1 rings (SSSR count). The fraction of sp³-hybridized carbons (Fsp3) is 0.500. The van der Waals surface area contributed by atoms with Crippen LogP contribution in [0.2, 0.25) is 0 Å². The number of nitrogens with one attached hydrogen (secondary N) is 2. The Morgan fingerprint density at radius 2 is 2.67 bits per heavy atom. The van der Waals surface area contributed by atoms with Crippen LogP contribution >= 0.6 is 0 Å². The van der Waals surface area contributed by atoms with Gasteiger partial charge in [0, 0.05) is 0 Å². The predicted molar refractivity (Wildman–Crippen MR) is 27.1 cm³/mol. The Kier molecular flexibility index (Phi) is 1.64. The summed E-state index contributed by atoms with van der Waals surface area (Å²) in [6, 6.07) is -0.512. The molecule has 1 fully saturated rings. The summed E-state index contributed by atoms with van der Waals surface area (Å²) in [5, 5.41) is 2.28. The molecular weight excluding hydrogens is 124 g/mol. The molecule has 1 saturated heterocycles. The van der Waals surface area contributed by atoms with Crippen molar-refractivity contribution in [2.45, 2.75) is 6.04 Å². The molecule has 0 bridgehead atoms. The third-order valence-electron chi connectivity index (χ3n) is 1.01. The Morgan fingerprint density at radius 1 is 1.89 bits per heavy atom. The van der Waals surface area contributed by atoms with Crippen molar-refractivity contribution >= 4 is 12.3 Å². The Labute approximate surface area is 51.3 Å². The van der Waals surface area contributed by atoms with Gasteiger partial charge in [-0.15, -0.1) is 0 Å². The van der Waals surface area contributed by atoms with Crippen molar-refractivity contribution in [2.24, 2.45) is 0 Å². The van der Waals surface area contributed by atoms with Gasteiger partial charge < -0.3 is 5.32 Å². The lowest BCUT2D eigenvalue weighted by molar-refractivity contribution is -0.126. The molecular formula is C4H6N2O3. The van der Waals surface area contributed by atoms with Crippen molar-refractivity contribution in [1.29, 1.82) is 0 Å². The number of hydrogen-bond acceptors (Lipinski definition) is 3. The van der Waals surface area contributed by atoms with Gasteiger partial charge in [0.05, 0.1) is 0 Å². The second-order valence-corrected chi connectivity index (χ2v) is 1.61. The Balaban J connectivity index is 2.39. The topological polar surface area (TPSA) is 67.4 Å². The largest absolute Gasteiger partial charge is 0.345 e. The summed E-state index contributed by atoms with van der Waals surface area (Å²) in [6.45, 7) is 0.206. The number of hydrogen-bond donors (Lipinski definition) is 2. The van der Waals surface area contributed by atoms with Gasteiger partial charge in [-0.2, -0.15) is 0 Å². The number of amides is 2. The lowest BCUT2D eigenvalue weighted by Gasteiger charge is -1.98. The molecule has 0 aliphatic carbocycles.